The van der Waals surface area contributed by atoms with E-state index in [4.69, 9.17) is 22.1 Å². The summed E-state index contributed by atoms with van der Waals surface area (Å²) >= 11 is 5.30. The highest BCUT2D eigenvalue weighted by atomic mass is 32.1. The maximum absolute atomic E-state index is 10.5. The lowest BCUT2D eigenvalue weighted by Crippen LogP contribution is -2.25. The van der Waals surface area contributed by atoms with Crippen LogP contribution in [-0.4, -0.2) is 28.5 Å². The van der Waals surface area contributed by atoms with Gasteiger partial charge in [-0.3, -0.25) is 10.2 Å². The number of carboxylic acids is 1. The first-order chi connectivity index (χ1) is 13.3. The van der Waals surface area contributed by atoms with Gasteiger partial charge in [-0.05, 0) is 80.9 Å². The second-order valence-corrected chi connectivity index (χ2v) is 6.86. The van der Waals surface area contributed by atoms with E-state index in [1.165, 1.54) is 5.56 Å². The minimum Gasteiger partial charge on any atom is -0.494 e. The van der Waals surface area contributed by atoms with E-state index in [0.717, 1.165) is 22.5 Å². The number of nitrogens with one attached hydrogen (secondary N) is 2. The molecule has 0 heterocycles. The van der Waals surface area contributed by atoms with Crippen LogP contribution in [0.2, 0.25) is 0 Å². The molecule has 0 aromatic heterocycles. The zero-order valence-electron chi connectivity index (χ0n) is 16.3. The van der Waals surface area contributed by atoms with Crippen molar-refractivity contribution in [1.82, 2.24) is 5.43 Å². The Morgan fingerprint density at radius 3 is 2.54 bits per heavy atom. The maximum Gasteiger partial charge on any atom is 0.303 e. The molecule has 0 amide bonds. The molecule has 0 bridgehead atoms. The third-order valence-electron chi connectivity index (χ3n) is 4.03. The number of aryl methyl sites for hydroxylation is 2. The molecule has 148 valence electrons. The predicted octanol–water partition coefficient (Wildman–Crippen LogP) is 4.26. The van der Waals surface area contributed by atoms with Crippen molar-refractivity contribution in [2.75, 3.05) is 11.9 Å². The summed E-state index contributed by atoms with van der Waals surface area (Å²) in [5.74, 6) is -0.120. The number of anilines is 1. The number of hydrogen-bond acceptors (Lipinski definition) is 4. The third-order valence-corrected chi connectivity index (χ3v) is 4.22. The van der Waals surface area contributed by atoms with Gasteiger partial charge in [-0.2, -0.15) is 5.10 Å². The number of thiocarbonyl (C=S) groups is 1. The van der Waals surface area contributed by atoms with Crippen LogP contribution in [0.3, 0.4) is 0 Å². The van der Waals surface area contributed by atoms with E-state index in [0.29, 0.717) is 23.9 Å². The topological polar surface area (TPSA) is 83.0 Å². The number of nitrogens with zero attached hydrogens (tertiary/aromatic N) is 1. The number of benzene rings is 2. The molecule has 0 aliphatic rings. The smallest absolute Gasteiger partial charge is 0.303 e. The van der Waals surface area contributed by atoms with Crippen LogP contribution in [0.25, 0.3) is 0 Å². The first-order valence-corrected chi connectivity index (χ1v) is 9.39. The molecule has 0 aliphatic carbocycles. The SMILES string of the molecule is CC(=NNC(=S)Nc1ccc(C)cc1C)c1ccc(OCCCC(=O)O)cc1. The molecule has 2 aromatic rings. The van der Waals surface area contributed by atoms with Crippen LogP contribution in [-0.2, 0) is 4.79 Å². The van der Waals surface area contributed by atoms with Crippen molar-refractivity contribution in [2.45, 2.75) is 33.6 Å². The zero-order chi connectivity index (χ0) is 20.5. The van der Waals surface area contributed by atoms with Crippen molar-refractivity contribution >= 4 is 34.7 Å². The average Bonchev–Trinajstić information content (AvgIpc) is 2.66. The van der Waals surface area contributed by atoms with Gasteiger partial charge in [0.25, 0.3) is 0 Å². The molecule has 0 saturated heterocycles. The van der Waals surface area contributed by atoms with E-state index in [1.807, 2.05) is 57.2 Å². The number of hydrogen-bond donors (Lipinski definition) is 3. The van der Waals surface area contributed by atoms with E-state index < -0.39 is 5.97 Å². The Bertz CT molecular complexity index is 864. The second-order valence-electron chi connectivity index (χ2n) is 6.45. The Morgan fingerprint density at radius 2 is 1.89 bits per heavy atom. The molecule has 0 unspecified atom stereocenters. The second kappa shape index (κ2) is 10.4. The molecule has 3 N–H and O–H groups in total. The Morgan fingerprint density at radius 1 is 1.18 bits per heavy atom. The van der Waals surface area contributed by atoms with E-state index >= 15 is 0 Å². The van der Waals surface area contributed by atoms with Gasteiger partial charge in [-0.1, -0.05) is 17.7 Å². The summed E-state index contributed by atoms with van der Waals surface area (Å²) in [6.45, 7) is 6.33. The molecule has 0 fully saturated rings. The number of rotatable bonds is 8. The van der Waals surface area contributed by atoms with Gasteiger partial charge in [0.15, 0.2) is 5.11 Å². The summed E-state index contributed by atoms with van der Waals surface area (Å²) in [4.78, 5) is 10.5. The summed E-state index contributed by atoms with van der Waals surface area (Å²) in [6.07, 6.45) is 0.581. The Hall–Kier alpha value is -2.93. The number of aliphatic carboxylic acids is 1. The number of carbonyl (C=O) groups is 1. The standard InChI is InChI=1S/C21H25N3O3S/c1-14-6-11-19(15(2)13-14)22-21(28)24-23-16(3)17-7-9-18(10-8-17)27-12-4-5-20(25)26/h6-11,13H,4-5,12H2,1-3H3,(H,25,26)(H2,22,24,28). The van der Waals surface area contributed by atoms with Crippen molar-refractivity contribution in [1.29, 1.82) is 0 Å². The predicted molar refractivity (Wildman–Crippen MR) is 116 cm³/mol. The summed E-state index contributed by atoms with van der Waals surface area (Å²) in [7, 11) is 0. The van der Waals surface area contributed by atoms with Crippen LogP contribution < -0.4 is 15.5 Å². The first kappa shape index (κ1) is 21.4. The van der Waals surface area contributed by atoms with Gasteiger partial charge in [0.1, 0.15) is 5.75 Å². The molecule has 0 aliphatic heterocycles. The molecular weight excluding hydrogens is 374 g/mol. The van der Waals surface area contributed by atoms with Crippen molar-refractivity contribution < 1.29 is 14.6 Å². The average molecular weight is 400 g/mol. The Balaban J connectivity index is 1.86. The van der Waals surface area contributed by atoms with Crippen molar-refractivity contribution in [3.8, 4) is 5.75 Å². The molecule has 28 heavy (non-hydrogen) atoms. The van der Waals surface area contributed by atoms with Gasteiger partial charge in [-0.25, -0.2) is 0 Å². The molecule has 0 atom stereocenters. The van der Waals surface area contributed by atoms with Crippen molar-refractivity contribution in [2.24, 2.45) is 5.10 Å². The highest BCUT2D eigenvalue weighted by Gasteiger charge is 2.03. The highest BCUT2D eigenvalue weighted by Crippen LogP contribution is 2.16. The lowest BCUT2D eigenvalue weighted by molar-refractivity contribution is -0.137. The summed E-state index contributed by atoms with van der Waals surface area (Å²) < 4.78 is 5.53. The van der Waals surface area contributed by atoms with E-state index in [-0.39, 0.29) is 6.42 Å². The number of ether oxygens (including phenoxy) is 1. The van der Waals surface area contributed by atoms with Crippen LogP contribution >= 0.6 is 12.2 Å². The summed E-state index contributed by atoms with van der Waals surface area (Å²) in [5.41, 5.74) is 7.83. The van der Waals surface area contributed by atoms with Crippen LogP contribution in [0.4, 0.5) is 5.69 Å². The molecule has 6 nitrogen and oxygen atoms in total. The maximum atomic E-state index is 10.5. The Labute approximate surface area is 170 Å². The summed E-state index contributed by atoms with van der Waals surface area (Å²) in [5, 5.41) is 16.5. The summed E-state index contributed by atoms with van der Waals surface area (Å²) in [6, 6.07) is 13.6. The van der Waals surface area contributed by atoms with Gasteiger partial charge in [0, 0.05) is 12.1 Å². The fourth-order valence-electron chi connectivity index (χ4n) is 2.51. The fourth-order valence-corrected chi connectivity index (χ4v) is 2.66. The quantitative estimate of drug-likeness (QED) is 0.266. The van der Waals surface area contributed by atoms with E-state index in [2.05, 4.69) is 21.9 Å². The lowest BCUT2D eigenvalue weighted by Gasteiger charge is -2.11. The molecule has 7 heteroatoms. The number of hydrazone groups is 1. The van der Waals surface area contributed by atoms with Crippen LogP contribution in [0.5, 0.6) is 5.75 Å². The van der Waals surface area contributed by atoms with Gasteiger partial charge in [0.05, 0.1) is 12.3 Å². The minimum absolute atomic E-state index is 0.103. The number of carboxylic acid groups (broad SMARTS) is 1. The molecular formula is C21H25N3O3S. The van der Waals surface area contributed by atoms with Gasteiger partial charge >= 0.3 is 5.97 Å². The van der Waals surface area contributed by atoms with Gasteiger partial charge in [0.2, 0.25) is 0 Å². The molecule has 0 radical (unpaired) electrons. The van der Waals surface area contributed by atoms with E-state index in [1.54, 1.807) is 0 Å². The minimum atomic E-state index is -0.816. The largest absolute Gasteiger partial charge is 0.494 e. The molecule has 2 rings (SSSR count). The first-order valence-electron chi connectivity index (χ1n) is 8.98. The normalized spacial score (nSPS) is 11.0. The third kappa shape index (κ3) is 7.00. The van der Waals surface area contributed by atoms with Crippen LogP contribution in [0, 0.1) is 13.8 Å². The van der Waals surface area contributed by atoms with Gasteiger partial charge in [-0.15, -0.1) is 0 Å². The molecule has 0 saturated carbocycles. The van der Waals surface area contributed by atoms with Crippen molar-refractivity contribution in [3.05, 3.63) is 59.2 Å². The lowest BCUT2D eigenvalue weighted by atomic mass is 10.1. The molecule has 2 aromatic carbocycles. The van der Waals surface area contributed by atoms with Crippen LogP contribution in [0.15, 0.2) is 47.6 Å². The van der Waals surface area contributed by atoms with Gasteiger partial charge < -0.3 is 15.2 Å². The van der Waals surface area contributed by atoms with E-state index in [9.17, 15) is 4.79 Å². The Kier molecular flexibility index (Phi) is 7.95. The molecule has 0 spiro atoms. The zero-order valence-corrected chi connectivity index (χ0v) is 17.1. The highest BCUT2D eigenvalue weighted by molar-refractivity contribution is 7.80. The van der Waals surface area contributed by atoms with Crippen LogP contribution in [0.1, 0.15) is 36.5 Å². The van der Waals surface area contributed by atoms with Crippen molar-refractivity contribution in [3.63, 3.8) is 0 Å². The fraction of sp³-hybridized carbons (Fsp3) is 0.286. The monoisotopic (exact) mass is 399 g/mol.